The zero-order chi connectivity index (χ0) is 19.6. The van der Waals surface area contributed by atoms with Gasteiger partial charge in [0.15, 0.2) is 5.65 Å². The molecule has 5 rings (SSSR count). The van der Waals surface area contributed by atoms with Crippen molar-refractivity contribution in [2.75, 3.05) is 11.4 Å². The summed E-state index contributed by atoms with van der Waals surface area (Å²) in [6.45, 7) is 7.57. The second kappa shape index (κ2) is 5.85. The van der Waals surface area contributed by atoms with Gasteiger partial charge in [-0.1, -0.05) is 11.6 Å². The third kappa shape index (κ3) is 2.61. The minimum Gasteiger partial charge on any atom is -0.358 e. The number of hydrogen-bond acceptors (Lipinski definition) is 4. The largest absolute Gasteiger partial charge is 0.358 e. The van der Waals surface area contributed by atoms with Crippen molar-refractivity contribution in [1.29, 1.82) is 0 Å². The summed E-state index contributed by atoms with van der Waals surface area (Å²) in [6, 6.07) is 5.89. The standard InChI is InChI=1S/C20H21ClN6O/c1-20(2,3)27-17-13(9-22-27)18(28)25-19(24-17)26-7-6-16-14(10-26)12-8-11(21)4-5-15(12)23-16/h4-5,8-9,23H,6-7,10H2,1-3H3,(H,24,25,28). The van der Waals surface area contributed by atoms with Crippen LogP contribution < -0.4 is 10.5 Å². The van der Waals surface area contributed by atoms with Crippen molar-refractivity contribution >= 4 is 39.5 Å². The number of aromatic amines is 2. The molecule has 3 aromatic heterocycles. The molecule has 0 spiro atoms. The molecule has 2 N–H and O–H groups in total. The molecule has 4 heterocycles. The van der Waals surface area contributed by atoms with Crippen LogP contribution in [0.5, 0.6) is 0 Å². The summed E-state index contributed by atoms with van der Waals surface area (Å²) in [5, 5.41) is 6.73. The zero-order valence-electron chi connectivity index (χ0n) is 16.0. The van der Waals surface area contributed by atoms with Crippen molar-refractivity contribution in [2.24, 2.45) is 0 Å². The first-order chi connectivity index (χ1) is 13.3. The summed E-state index contributed by atoms with van der Waals surface area (Å²) in [5.74, 6) is 0.575. The lowest BCUT2D eigenvalue weighted by Crippen LogP contribution is -2.33. The van der Waals surface area contributed by atoms with Gasteiger partial charge in [-0.3, -0.25) is 9.78 Å². The van der Waals surface area contributed by atoms with Gasteiger partial charge in [0.1, 0.15) is 5.39 Å². The van der Waals surface area contributed by atoms with Crippen LogP contribution in [-0.4, -0.2) is 31.3 Å². The first-order valence-corrected chi connectivity index (χ1v) is 9.71. The highest BCUT2D eigenvalue weighted by molar-refractivity contribution is 6.31. The van der Waals surface area contributed by atoms with Gasteiger partial charge in [0.05, 0.1) is 11.7 Å². The summed E-state index contributed by atoms with van der Waals surface area (Å²) in [4.78, 5) is 25.9. The summed E-state index contributed by atoms with van der Waals surface area (Å²) in [6.07, 6.45) is 2.44. The van der Waals surface area contributed by atoms with E-state index in [1.54, 1.807) is 6.20 Å². The maximum absolute atomic E-state index is 12.6. The SMILES string of the molecule is CC(C)(C)n1ncc2c(=O)[nH]c(N3CCc4[nH]c5ccc(Cl)cc5c4C3)nc21. The van der Waals surface area contributed by atoms with E-state index in [2.05, 4.69) is 20.0 Å². The van der Waals surface area contributed by atoms with Crippen molar-refractivity contribution in [2.45, 2.75) is 39.3 Å². The number of nitrogens with one attached hydrogen (secondary N) is 2. The monoisotopic (exact) mass is 396 g/mol. The number of nitrogens with zero attached hydrogens (tertiary/aromatic N) is 4. The van der Waals surface area contributed by atoms with Crippen LogP contribution in [0.25, 0.3) is 21.9 Å². The molecule has 8 heteroatoms. The minimum atomic E-state index is -0.261. The second-order valence-corrected chi connectivity index (χ2v) is 8.73. The first kappa shape index (κ1) is 17.3. The number of fused-ring (bicyclic) bond motifs is 4. The molecule has 0 fully saturated rings. The van der Waals surface area contributed by atoms with E-state index in [9.17, 15) is 4.79 Å². The molecule has 0 unspecified atom stereocenters. The van der Waals surface area contributed by atoms with Crippen molar-refractivity contribution in [3.05, 3.63) is 51.0 Å². The van der Waals surface area contributed by atoms with E-state index in [4.69, 9.17) is 16.6 Å². The highest BCUT2D eigenvalue weighted by Crippen LogP contribution is 2.31. The molecule has 7 nitrogen and oxygen atoms in total. The van der Waals surface area contributed by atoms with Crippen molar-refractivity contribution in [1.82, 2.24) is 24.7 Å². The van der Waals surface area contributed by atoms with Crippen LogP contribution in [0.2, 0.25) is 5.02 Å². The molecule has 0 saturated heterocycles. The zero-order valence-corrected chi connectivity index (χ0v) is 16.8. The lowest BCUT2D eigenvalue weighted by Gasteiger charge is -2.28. The molecular weight excluding hydrogens is 376 g/mol. The van der Waals surface area contributed by atoms with Crippen LogP contribution in [0.3, 0.4) is 0 Å². The summed E-state index contributed by atoms with van der Waals surface area (Å²) < 4.78 is 1.81. The molecule has 0 aliphatic carbocycles. The lowest BCUT2D eigenvalue weighted by molar-refractivity contribution is 0.366. The average molecular weight is 397 g/mol. The predicted octanol–water partition coefficient (Wildman–Crippen LogP) is 3.57. The smallest absolute Gasteiger partial charge is 0.263 e. The maximum atomic E-state index is 12.6. The number of H-pyrrole nitrogens is 2. The number of rotatable bonds is 1. The molecule has 0 saturated carbocycles. The number of halogens is 1. The van der Waals surface area contributed by atoms with E-state index < -0.39 is 0 Å². The van der Waals surface area contributed by atoms with Gasteiger partial charge in [-0.25, -0.2) is 4.68 Å². The lowest BCUT2D eigenvalue weighted by atomic mass is 10.0. The predicted molar refractivity (Wildman–Crippen MR) is 111 cm³/mol. The van der Waals surface area contributed by atoms with Crippen LogP contribution in [0, 0.1) is 0 Å². The molecule has 0 radical (unpaired) electrons. The second-order valence-electron chi connectivity index (χ2n) is 8.30. The van der Waals surface area contributed by atoms with Crippen molar-refractivity contribution in [3.63, 3.8) is 0 Å². The Labute approximate surface area is 166 Å². The Kier molecular flexibility index (Phi) is 3.61. The number of aromatic nitrogens is 5. The Bertz CT molecular complexity index is 1280. The fourth-order valence-electron chi connectivity index (χ4n) is 3.91. The van der Waals surface area contributed by atoms with E-state index in [0.717, 1.165) is 23.9 Å². The van der Waals surface area contributed by atoms with Gasteiger partial charge in [0.2, 0.25) is 5.95 Å². The highest BCUT2D eigenvalue weighted by Gasteiger charge is 2.25. The third-order valence-electron chi connectivity index (χ3n) is 5.30. The van der Waals surface area contributed by atoms with Crippen molar-refractivity contribution < 1.29 is 0 Å². The minimum absolute atomic E-state index is 0.164. The molecule has 1 aromatic carbocycles. The van der Waals surface area contributed by atoms with Gasteiger partial charge in [-0.05, 0) is 39.0 Å². The fourth-order valence-corrected chi connectivity index (χ4v) is 4.09. The summed E-state index contributed by atoms with van der Waals surface area (Å²) in [5.41, 5.74) is 3.69. The van der Waals surface area contributed by atoms with Crippen LogP contribution in [-0.2, 0) is 18.5 Å². The molecule has 0 atom stereocenters. The Hall–Kier alpha value is -2.80. The van der Waals surface area contributed by atoms with E-state index in [-0.39, 0.29) is 11.1 Å². The quantitative estimate of drug-likeness (QED) is 0.515. The van der Waals surface area contributed by atoms with Gasteiger partial charge >= 0.3 is 0 Å². The van der Waals surface area contributed by atoms with E-state index in [1.807, 2.05) is 43.7 Å². The summed E-state index contributed by atoms with van der Waals surface area (Å²) in [7, 11) is 0. The molecule has 28 heavy (non-hydrogen) atoms. The first-order valence-electron chi connectivity index (χ1n) is 9.34. The molecule has 0 bridgehead atoms. The summed E-state index contributed by atoms with van der Waals surface area (Å²) >= 11 is 6.21. The van der Waals surface area contributed by atoms with E-state index >= 15 is 0 Å². The van der Waals surface area contributed by atoms with Crippen LogP contribution >= 0.6 is 11.6 Å². The molecule has 1 aliphatic heterocycles. The van der Waals surface area contributed by atoms with Gasteiger partial charge < -0.3 is 9.88 Å². The van der Waals surface area contributed by atoms with Gasteiger partial charge in [-0.2, -0.15) is 10.1 Å². The number of anilines is 1. The van der Waals surface area contributed by atoms with Crippen LogP contribution in [0.4, 0.5) is 5.95 Å². The fraction of sp³-hybridized carbons (Fsp3) is 0.350. The molecular formula is C20H21ClN6O. The molecule has 4 aromatic rings. The Morgan fingerprint density at radius 3 is 2.79 bits per heavy atom. The average Bonchev–Trinajstić information content (AvgIpc) is 3.22. The Morgan fingerprint density at radius 1 is 1.18 bits per heavy atom. The van der Waals surface area contributed by atoms with E-state index in [0.29, 0.717) is 28.5 Å². The Balaban J connectivity index is 1.61. The Morgan fingerprint density at radius 2 is 2.00 bits per heavy atom. The number of hydrogen-bond donors (Lipinski definition) is 2. The van der Waals surface area contributed by atoms with Gasteiger partial charge in [0, 0.05) is 46.7 Å². The molecule has 144 valence electrons. The van der Waals surface area contributed by atoms with Crippen LogP contribution in [0.1, 0.15) is 32.0 Å². The number of benzene rings is 1. The maximum Gasteiger partial charge on any atom is 0.263 e. The van der Waals surface area contributed by atoms with Crippen molar-refractivity contribution in [3.8, 4) is 0 Å². The molecule has 1 aliphatic rings. The van der Waals surface area contributed by atoms with Crippen LogP contribution in [0.15, 0.2) is 29.2 Å². The van der Waals surface area contributed by atoms with Gasteiger partial charge in [0.25, 0.3) is 5.56 Å². The normalized spacial score (nSPS) is 14.8. The highest BCUT2D eigenvalue weighted by atomic mass is 35.5. The molecule has 0 amide bonds. The third-order valence-corrected chi connectivity index (χ3v) is 5.53. The van der Waals surface area contributed by atoms with E-state index in [1.165, 1.54) is 11.3 Å². The topological polar surface area (TPSA) is 82.6 Å². The van der Waals surface area contributed by atoms with Gasteiger partial charge in [-0.15, -0.1) is 0 Å².